The SMILES string of the molecule is CCC(C(=O)NC1CCCC1)N(Cc1ccc(Cl)cc1)C(=O)CN(c1cc(Cl)ccc1Cl)S(C)(=O)=O. The van der Waals surface area contributed by atoms with E-state index in [-0.39, 0.29) is 34.2 Å². The first kappa shape index (κ1) is 28.6. The Morgan fingerprint density at radius 1 is 1.03 bits per heavy atom. The summed E-state index contributed by atoms with van der Waals surface area (Å²) in [5.41, 5.74) is 0.849. The van der Waals surface area contributed by atoms with Gasteiger partial charge in [0, 0.05) is 22.6 Å². The van der Waals surface area contributed by atoms with Gasteiger partial charge in [0.05, 0.1) is 17.0 Å². The first-order valence-electron chi connectivity index (χ1n) is 11.8. The molecule has 0 aromatic heterocycles. The number of benzene rings is 2. The molecule has 1 aliphatic rings. The summed E-state index contributed by atoms with van der Waals surface area (Å²) in [5.74, 6) is -0.793. The van der Waals surface area contributed by atoms with Crippen LogP contribution in [-0.2, 0) is 26.2 Å². The number of carbonyl (C=O) groups is 2. The van der Waals surface area contributed by atoms with Crippen LogP contribution < -0.4 is 9.62 Å². The van der Waals surface area contributed by atoms with Gasteiger partial charge in [-0.05, 0) is 55.2 Å². The van der Waals surface area contributed by atoms with Crippen molar-refractivity contribution in [3.05, 3.63) is 63.1 Å². The van der Waals surface area contributed by atoms with Crippen molar-refractivity contribution in [3.63, 3.8) is 0 Å². The Hall–Kier alpha value is -2.00. The molecule has 2 aromatic rings. The van der Waals surface area contributed by atoms with Gasteiger partial charge in [-0.15, -0.1) is 0 Å². The normalized spacial score (nSPS) is 14.9. The third kappa shape index (κ3) is 7.51. The fraction of sp³-hybridized carbons (Fsp3) is 0.440. The van der Waals surface area contributed by atoms with Crippen molar-refractivity contribution in [2.45, 2.75) is 57.7 Å². The molecule has 0 aliphatic heterocycles. The van der Waals surface area contributed by atoms with Gasteiger partial charge in [0.15, 0.2) is 0 Å². The van der Waals surface area contributed by atoms with Crippen molar-refractivity contribution in [1.29, 1.82) is 0 Å². The molecule has 11 heteroatoms. The monoisotopic (exact) mass is 573 g/mol. The van der Waals surface area contributed by atoms with Crippen LogP contribution in [0.4, 0.5) is 5.69 Å². The molecule has 1 atom stereocenters. The lowest BCUT2D eigenvalue weighted by atomic mass is 10.1. The number of anilines is 1. The maximum atomic E-state index is 13.7. The first-order chi connectivity index (χ1) is 17.0. The van der Waals surface area contributed by atoms with Crippen molar-refractivity contribution >= 4 is 62.3 Å². The lowest BCUT2D eigenvalue weighted by Crippen LogP contribution is -2.53. The lowest BCUT2D eigenvalue weighted by Gasteiger charge is -2.33. The topological polar surface area (TPSA) is 86.8 Å². The largest absolute Gasteiger partial charge is 0.352 e. The minimum absolute atomic E-state index is 0.0804. The second kappa shape index (κ2) is 12.5. The minimum Gasteiger partial charge on any atom is -0.352 e. The molecule has 0 bridgehead atoms. The van der Waals surface area contributed by atoms with Gasteiger partial charge < -0.3 is 10.2 Å². The van der Waals surface area contributed by atoms with Gasteiger partial charge in [-0.1, -0.05) is 66.7 Å². The van der Waals surface area contributed by atoms with Gasteiger partial charge in [-0.2, -0.15) is 0 Å². The number of hydrogen-bond donors (Lipinski definition) is 1. The molecular weight excluding hydrogens is 545 g/mol. The van der Waals surface area contributed by atoms with E-state index in [0.29, 0.717) is 11.4 Å². The number of amides is 2. The number of nitrogens with one attached hydrogen (secondary N) is 1. The van der Waals surface area contributed by atoms with Crippen LogP contribution in [0.3, 0.4) is 0 Å². The van der Waals surface area contributed by atoms with E-state index in [9.17, 15) is 18.0 Å². The van der Waals surface area contributed by atoms with Crippen LogP contribution in [0.5, 0.6) is 0 Å². The Kier molecular flexibility index (Phi) is 9.92. The standard InChI is InChI=1S/C25H30Cl3N3O4S/c1-3-22(25(33)29-20-6-4-5-7-20)30(15-17-8-10-18(26)11-9-17)24(32)16-31(36(2,34)35)23-14-19(27)12-13-21(23)28/h8-14,20,22H,3-7,15-16H2,1-2H3,(H,29,33). The summed E-state index contributed by atoms with van der Waals surface area (Å²) in [7, 11) is -3.91. The number of nitrogens with zero attached hydrogens (tertiary/aromatic N) is 2. The van der Waals surface area contributed by atoms with Crippen LogP contribution in [0.25, 0.3) is 0 Å². The molecule has 1 N–H and O–H groups in total. The summed E-state index contributed by atoms with van der Waals surface area (Å²) in [4.78, 5) is 28.4. The van der Waals surface area contributed by atoms with E-state index >= 15 is 0 Å². The van der Waals surface area contributed by atoms with E-state index < -0.39 is 28.5 Å². The summed E-state index contributed by atoms with van der Waals surface area (Å²) in [6.07, 6.45) is 5.27. The Morgan fingerprint density at radius 3 is 2.22 bits per heavy atom. The molecule has 1 fully saturated rings. The summed E-state index contributed by atoms with van der Waals surface area (Å²) in [5, 5.41) is 4.02. The number of carbonyl (C=O) groups excluding carboxylic acids is 2. The fourth-order valence-electron chi connectivity index (χ4n) is 4.35. The molecule has 2 amide bonds. The maximum Gasteiger partial charge on any atom is 0.244 e. The first-order valence-corrected chi connectivity index (χ1v) is 14.7. The zero-order valence-corrected chi connectivity index (χ0v) is 23.3. The molecule has 1 unspecified atom stereocenters. The highest BCUT2D eigenvalue weighted by atomic mass is 35.5. The fourth-order valence-corrected chi connectivity index (χ4v) is 5.76. The van der Waals surface area contributed by atoms with Gasteiger partial charge >= 0.3 is 0 Å². The van der Waals surface area contributed by atoms with E-state index in [2.05, 4.69) is 5.32 Å². The quantitative estimate of drug-likeness (QED) is 0.418. The Bertz CT molecular complexity index is 1190. The molecule has 0 spiro atoms. The molecule has 0 saturated heterocycles. The third-order valence-corrected chi connectivity index (χ3v) is 8.14. The zero-order chi connectivity index (χ0) is 26.5. The highest BCUT2D eigenvalue weighted by molar-refractivity contribution is 7.92. The zero-order valence-electron chi connectivity index (χ0n) is 20.2. The third-order valence-electron chi connectivity index (χ3n) is 6.21. The van der Waals surface area contributed by atoms with Crippen LogP contribution in [0.2, 0.25) is 15.1 Å². The number of rotatable bonds is 10. The smallest absolute Gasteiger partial charge is 0.244 e. The van der Waals surface area contributed by atoms with Gasteiger partial charge in [0.25, 0.3) is 0 Å². The molecule has 3 rings (SSSR count). The van der Waals surface area contributed by atoms with Crippen LogP contribution in [0, 0.1) is 0 Å². The number of halogens is 3. The average molecular weight is 575 g/mol. The van der Waals surface area contributed by atoms with E-state index in [4.69, 9.17) is 34.8 Å². The van der Waals surface area contributed by atoms with E-state index in [1.54, 1.807) is 24.3 Å². The van der Waals surface area contributed by atoms with Gasteiger partial charge in [-0.3, -0.25) is 13.9 Å². The Balaban J connectivity index is 1.94. The van der Waals surface area contributed by atoms with Gasteiger partial charge in [0.1, 0.15) is 12.6 Å². The highest BCUT2D eigenvalue weighted by Gasteiger charge is 2.33. The van der Waals surface area contributed by atoms with Crippen LogP contribution >= 0.6 is 34.8 Å². The summed E-state index contributed by atoms with van der Waals surface area (Å²) >= 11 is 18.4. The molecule has 1 saturated carbocycles. The van der Waals surface area contributed by atoms with Crippen molar-refractivity contribution in [2.75, 3.05) is 17.1 Å². The van der Waals surface area contributed by atoms with E-state index in [0.717, 1.165) is 41.8 Å². The van der Waals surface area contributed by atoms with Crippen LogP contribution in [0.15, 0.2) is 42.5 Å². The summed E-state index contributed by atoms with van der Waals surface area (Å²) in [6.45, 7) is 1.39. The maximum absolute atomic E-state index is 13.7. The molecule has 0 radical (unpaired) electrons. The average Bonchev–Trinajstić information content (AvgIpc) is 3.32. The minimum atomic E-state index is -3.91. The van der Waals surface area contributed by atoms with Gasteiger partial charge in [-0.25, -0.2) is 8.42 Å². The van der Waals surface area contributed by atoms with Crippen molar-refractivity contribution < 1.29 is 18.0 Å². The molecule has 7 nitrogen and oxygen atoms in total. The van der Waals surface area contributed by atoms with Crippen LogP contribution in [0.1, 0.15) is 44.6 Å². The second-order valence-electron chi connectivity index (χ2n) is 8.93. The van der Waals surface area contributed by atoms with E-state index in [1.807, 2.05) is 6.92 Å². The van der Waals surface area contributed by atoms with Crippen LogP contribution in [-0.4, -0.2) is 50.0 Å². The number of sulfonamides is 1. The molecule has 0 heterocycles. The molecule has 36 heavy (non-hydrogen) atoms. The Morgan fingerprint density at radius 2 is 1.64 bits per heavy atom. The molecule has 196 valence electrons. The van der Waals surface area contributed by atoms with Gasteiger partial charge in [0.2, 0.25) is 21.8 Å². The van der Waals surface area contributed by atoms with Crippen molar-refractivity contribution in [1.82, 2.24) is 10.2 Å². The predicted octanol–water partition coefficient (Wildman–Crippen LogP) is 5.28. The predicted molar refractivity (Wildman–Crippen MR) is 145 cm³/mol. The molecule has 2 aromatic carbocycles. The number of hydrogen-bond acceptors (Lipinski definition) is 4. The highest BCUT2D eigenvalue weighted by Crippen LogP contribution is 2.31. The van der Waals surface area contributed by atoms with Crippen molar-refractivity contribution in [2.24, 2.45) is 0 Å². The second-order valence-corrected chi connectivity index (χ2v) is 12.1. The Labute approximate surface area is 227 Å². The lowest BCUT2D eigenvalue weighted by molar-refractivity contribution is -0.140. The summed E-state index contributed by atoms with van der Waals surface area (Å²) in [6, 6.07) is 10.6. The molecule has 1 aliphatic carbocycles. The summed E-state index contributed by atoms with van der Waals surface area (Å²) < 4.78 is 26.3. The van der Waals surface area contributed by atoms with Crippen molar-refractivity contribution in [3.8, 4) is 0 Å². The van der Waals surface area contributed by atoms with E-state index in [1.165, 1.54) is 23.1 Å². The molecular formula is C25H30Cl3N3O4S.